The van der Waals surface area contributed by atoms with Crippen molar-refractivity contribution in [3.05, 3.63) is 35.5 Å². The molecule has 0 spiro atoms. The molecular formula is C29H45NO3. The second kappa shape index (κ2) is 9.34. The molecule has 1 amide bonds. The second-order valence-electron chi connectivity index (χ2n) is 12.4. The molecule has 3 saturated carbocycles. The zero-order valence-electron chi connectivity index (χ0n) is 21.3. The van der Waals surface area contributed by atoms with Crippen molar-refractivity contribution in [2.45, 2.75) is 97.7 Å². The lowest BCUT2D eigenvalue weighted by molar-refractivity contribution is -0.134. The molecule has 184 valence electrons. The number of aliphatic hydroxyl groups is 2. The Balaban J connectivity index is 1.43. The summed E-state index contributed by atoms with van der Waals surface area (Å²) in [6.45, 7) is 15.0. The first-order chi connectivity index (χ1) is 15.5. The predicted octanol–water partition coefficient (Wildman–Crippen LogP) is 5.41. The maximum Gasteiger partial charge on any atom is 0.228 e. The van der Waals surface area contributed by atoms with Crippen LogP contribution in [0.15, 0.2) is 35.5 Å². The Morgan fingerprint density at radius 3 is 2.64 bits per heavy atom. The minimum atomic E-state index is -0.625. The quantitative estimate of drug-likeness (QED) is 0.582. The highest BCUT2D eigenvalue weighted by Gasteiger charge is 2.50. The van der Waals surface area contributed by atoms with Crippen LogP contribution in [0.5, 0.6) is 0 Å². The van der Waals surface area contributed by atoms with Crippen LogP contribution in [0.25, 0.3) is 0 Å². The van der Waals surface area contributed by atoms with Gasteiger partial charge in [-0.2, -0.15) is 0 Å². The average Bonchev–Trinajstić information content (AvgIpc) is 3.24. The highest BCUT2D eigenvalue weighted by Crippen LogP contribution is 2.59. The maximum absolute atomic E-state index is 12.6. The Kier molecular flexibility index (Phi) is 7.00. The first-order valence-electron chi connectivity index (χ1n) is 13.3. The van der Waals surface area contributed by atoms with Gasteiger partial charge >= 0.3 is 0 Å². The van der Waals surface area contributed by atoms with Gasteiger partial charge in [0.25, 0.3) is 0 Å². The van der Waals surface area contributed by atoms with Gasteiger partial charge in [0.05, 0.1) is 12.2 Å². The summed E-state index contributed by atoms with van der Waals surface area (Å²) in [5.41, 5.74) is 3.47. The molecule has 0 aromatic carbocycles. The van der Waals surface area contributed by atoms with Gasteiger partial charge in [-0.3, -0.25) is 4.79 Å². The Hall–Kier alpha value is -1.39. The van der Waals surface area contributed by atoms with E-state index >= 15 is 0 Å². The molecule has 4 nitrogen and oxygen atoms in total. The highest BCUT2D eigenvalue weighted by atomic mass is 16.3. The highest BCUT2D eigenvalue weighted by molar-refractivity contribution is 5.83. The van der Waals surface area contributed by atoms with Gasteiger partial charge in [-0.15, -0.1) is 0 Å². The molecule has 4 fully saturated rings. The van der Waals surface area contributed by atoms with E-state index in [1.165, 1.54) is 25.7 Å². The van der Waals surface area contributed by atoms with E-state index in [0.29, 0.717) is 41.9 Å². The summed E-state index contributed by atoms with van der Waals surface area (Å²) in [6, 6.07) is 0. The molecule has 4 aliphatic rings. The van der Waals surface area contributed by atoms with Crippen LogP contribution in [0.2, 0.25) is 0 Å². The van der Waals surface area contributed by atoms with E-state index in [2.05, 4.69) is 51.3 Å². The Bertz CT molecular complexity index is 840. The van der Waals surface area contributed by atoms with E-state index in [-0.39, 0.29) is 5.41 Å². The van der Waals surface area contributed by atoms with Crippen molar-refractivity contribution in [2.75, 3.05) is 13.1 Å². The number of likely N-dealkylation sites (tertiary alicyclic amines) is 1. The van der Waals surface area contributed by atoms with E-state index in [0.717, 1.165) is 43.5 Å². The van der Waals surface area contributed by atoms with Gasteiger partial charge in [-0.25, -0.2) is 0 Å². The van der Waals surface area contributed by atoms with Crippen LogP contribution in [0, 0.1) is 28.6 Å². The zero-order valence-corrected chi connectivity index (χ0v) is 21.3. The number of carbonyl (C=O) groups excluding carboxylic acids is 1. The lowest BCUT2D eigenvalue weighted by Gasteiger charge is -2.44. The molecule has 6 atom stereocenters. The molecule has 0 bridgehead atoms. The van der Waals surface area contributed by atoms with Crippen LogP contribution >= 0.6 is 0 Å². The van der Waals surface area contributed by atoms with E-state index in [9.17, 15) is 15.0 Å². The van der Waals surface area contributed by atoms with Gasteiger partial charge in [0.15, 0.2) is 0 Å². The summed E-state index contributed by atoms with van der Waals surface area (Å²) in [4.78, 5) is 14.7. The number of rotatable bonds is 5. The number of amides is 1. The van der Waals surface area contributed by atoms with E-state index < -0.39 is 12.2 Å². The minimum Gasteiger partial charge on any atom is -0.393 e. The van der Waals surface area contributed by atoms with Gasteiger partial charge in [0.1, 0.15) is 0 Å². The van der Waals surface area contributed by atoms with Crippen LogP contribution in [0.1, 0.15) is 85.5 Å². The van der Waals surface area contributed by atoms with Crippen molar-refractivity contribution in [1.29, 1.82) is 0 Å². The normalized spacial score (nSPS) is 40.0. The van der Waals surface area contributed by atoms with Crippen LogP contribution in [0.4, 0.5) is 0 Å². The van der Waals surface area contributed by atoms with Crippen molar-refractivity contribution in [2.24, 2.45) is 28.6 Å². The smallest absolute Gasteiger partial charge is 0.228 e. The van der Waals surface area contributed by atoms with Crippen molar-refractivity contribution < 1.29 is 15.0 Å². The molecule has 0 aromatic rings. The van der Waals surface area contributed by atoms with Gasteiger partial charge in [0.2, 0.25) is 5.91 Å². The summed E-state index contributed by atoms with van der Waals surface area (Å²) < 4.78 is 0. The first-order valence-corrected chi connectivity index (χ1v) is 13.3. The molecule has 1 saturated heterocycles. The number of carbonyl (C=O) groups is 1. The summed E-state index contributed by atoms with van der Waals surface area (Å²) in [5.74, 6) is 2.28. The fourth-order valence-electron chi connectivity index (χ4n) is 7.50. The van der Waals surface area contributed by atoms with Crippen molar-refractivity contribution in [3.8, 4) is 0 Å². The standard InChI is InChI=1S/C29H45NO3/c1-19(12-15-30-16-14-28(3,4)27(30)33)24-10-11-25-21(7-6-13-29(24,25)5)8-9-22-17-23(31)18-26(32)20(22)2/h8-9,19,23-26,31-32H,2,6-7,10-18H2,1,3-5H3/b21-8+,22-9-/t19-,23-,24-,25+,26+,29-/m1/s1. The summed E-state index contributed by atoms with van der Waals surface area (Å²) in [6.07, 6.45) is 12.6. The first kappa shape index (κ1) is 24.7. The number of hydrogen-bond donors (Lipinski definition) is 2. The molecule has 0 aromatic heterocycles. The van der Waals surface area contributed by atoms with Crippen molar-refractivity contribution >= 4 is 5.91 Å². The van der Waals surface area contributed by atoms with Gasteiger partial charge in [-0.05, 0) is 85.7 Å². The van der Waals surface area contributed by atoms with Crippen LogP contribution in [0.3, 0.4) is 0 Å². The van der Waals surface area contributed by atoms with Crippen molar-refractivity contribution in [1.82, 2.24) is 4.90 Å². The van der Waals surface area contributed by atoms with Gasteiger partial charge < -0.3 is 15.1 Å². The maximum atomic E-state index is 12.6. The van der Waals surface area contributed by atoms with Gasteiger partial charge in [0, 0.05) is 24.9 Å². The molecule has 0 unspecified atom stereocenters. The molecule has 4 heteroatoms. The lowest BCUT2D eigenvalue weighted by Crippen LogP contribution is -2.37. The number of aliphatic hydroxyl groups excluding tert-OH is 2. The molecule has 1 heterocycles. The number of nitrogens with zero attached hydrogens (tertiary/aromatic N) is 1. The summed E-state index contributed by atoms with van der Waals surface area (Å²) in [7, 11) is 0. The van der Waals surface area contributed by atoms with Crippen LogP contribution in [-0.4, -0.2) is 46.3 Å². The van der Waals surface area contributed by atoms with E-state index in [4.69, 9.17) is 0 Å². The van der Waals surface area contributed by atoms with Crippen molar-refractivity contribution in [3.63, 3.8) is 0 Å². The third-order valence-electron chi connectivity index (χ3n) is 9.72. The molecule has 1 aliphatic heterocycles. The van der Waals surface area contributed by atoms with E-state index in [1.54, 1.807) is 5.57 Å². The number of fused-ring (bicyclic) bond motifs is 1. The third kappa shape index (κ3) is 4.75. The van der Waals surface area contributed by atoms with Crippen LogP contribution in [-0.2, 0) is 4.79 Å². The second-order valence-corrected chi connectivity index (χ2v) is 12.4. The summed E-state index contributed by atoms with van der Waals surface area (Å²) in [5, 5.41) is 20.2. The number of allylic oxidation sites excluding steroid dienone is 3. The summed E-state index contributed by atoms with van der Waals surface area (Å²) >= 11 is 0. The number of hydrogen-bond acceptors (Lipinski definition) is 3. The molecule has 2 N–H and O–H groups in total. The lowest BCUT2D eigenvalue weighted by atomic mass is 9.61. The minimum absolute atomic E-state index is 0.180. The fourth-order valence-corrected chi connectivity index (χ4v) is 7.50. The molecular weight excluding hydrogens is 410 g/mol. The molecule has 33 heavy (non-hydrogen) atoms. The molecule has 3 aliphatic carbocycles. The van der Waals surface area contributed by atoms with E-state index in [1.807, 2.05) is 0 Å². The van der Waals surface area contributed by atoms with Gasteiger partial charge in [-0.1, -0.05) is 52.0 Å². The Morgan fingerprint density at radius 1 is 1.18 bits per heavy atom. The molecule has 0 radical (unpaired) electrons. The third-order valence-corrected chi connectivity index (χ3v) is 9.72. The Morgan fingerprint density at radius 2 is 1.94 bits per heavy atom. The van der Waals surface area contributed by atoms with Crippen LogP contribution < -0.4 is 0 Å². The average molecular weight is 456 g/mol. The largest absolute Gasteiger partial charge is 0.393 e. The molecule has 4 rings (SSSR count). The monoisotopic (exact) mass is 455 g/mol. The topological polar surface area (TPSA) is 60.8 Å². The fraction of sp³-hybridized carbons (Fsp3) is 0.759. The Labute approximate surface area is 200 Å². The zero-order chi connectivity index (χ0) is 24.0. The predicted molar refractivity (Wildman–Crippen MR) is 133 cm³/mol. The SMILES string of the molecule is C=C1/C(=C\C=C2/CCC[C@]3(C)[C@@H]([C@H](C)CCN4CCC(C)(C)C4=O)CC[C@@H]23)C[C@@H](O)C[C@@H]1O.